The SMILES string of the molecule is CCCCCCCOC[C@@]12O[C@@H](CNCCN3CCCC3)[C@@H](OC(=O)Nc3ccc([N+](=O)[O-])cc3)[C@@H]1OC(C)(C)O2. The average Bonchev–Trinajstić information content (AvgIpc) is 3.60. The van der Waals surface area contributed by atoms with E-state index in [1.807, 2.05) is 0 Å². The van der Waals surface area contributed by atoms with Crippen LogP contribution in [0.5, 0.6) is 0 Å². The molecule has 2 N–H and O–H groups in total. The fourth-order valence-corrected chi connectivity index (χ4v) is 5.71. The largest absolute Gasteiger partial charge is 0.440 e. The normalized spacial score (nSPS) is 27.1. The van der Waals surface area contributed by atoms with E-state index in [0.29, 0.717) is 18.8 Å². The van der Waals surface area contributed by atoms with Crippen molar-refractivity contribution in [3.63, 3.8) is 0 Å². The lowest BCUT2D eigenvalue weighted by molar-refractivity contribution is -0.384. The molecule has 12 nitrogen and oxygen atoms in total. The Kier molecular flexibility index (Phi) is 11.3. The highest BCUT2D eigenvalue weighted by atomic mass is 16.9. The number of hydrogen-bond acceptors (Lipinski definition) is 10. The molecule has 0 spiro atoms. The molecule has 41 heavy (non-hydrogen) atoms. The zero-order valence-electron chi connectivity index (χ0n) is 24.6. The van der Waals surface area contributed by atoms with Crippen molar-refractivity contribution in [3.8, 4) is 0 Å². The van der Waals surface area contributed by atoms with Gasteiger partial charge < -0.3 is 33.9 Å². The van der Waals surface area contributed by atoms with Crippen molar-refractivity contribution in [1.29, 1.82) is 0 Å². The third-order valence-corrected chi connectivity index (χ3v) is 7.69. The summed E-state index contributed by atoms with van der Waals surface area (Å²) in [5, 5.41) is 17.1. The highest BCUT2D eigenvalue weighted by molar-refractivity contribution is 5.84. The van der Waals surface area contributed by atoms with Gasteiger partial charge in [0.05, 0.1) is 4.92 Å². The number of anilines is 1. The van der Waals surface area contributed by atoms with Crippen LogP contribution in [0, 0.1) is 10.1 Å². The molecule has 0 radical (unpaired) electrons. The number of nitro benzene ring substituents is 1. The van der Waals surface area contributed by atoms with Gasteiger partial charge in [0.15, 0.2) is 18.0 Å². The number of nitrogens with one attached hydrogen (secondary N) is 2. The monoisotopic (exact) mass is 578 g/mol. The Morgan fingerprint density at radius 3 is 2.56 bits per heavy atom. The summed E-state index contributed by atoms with van der Waals surface area (Å²) in [5.41, 5.74) is 0.309. The molecule has 3 fully saturated rings. The van der Waals surface area contributed by atoms with E-state index in [1.54, 1.807) is 13.8 Å². The molecule has 1 aromatic rings. The van der Waals surface area contributed by atoms with Crippen molar-refractivity contribution in [1.82, 2.24) is 10.2 Å². The number of benzene rings is 1. The summed E-state index contributed by atoms with van der Waals surface area (Å²) >= 11 is 0. The molecule has 4 atom stereocenters. The van der Waals surface area contributed by atoms with Gasteiger partial charge in [0, 0.05) is 44.1 Å². The molecule has 3 aliphatic heterocycles. The minimum atomic E-state index is -1.22. The first kappa shape index (κ1) is 31.6. The highest BCUT2D eigenvalue weighted by Crippen LogP contribution is 2.46. The quantitative estimate of drug-likeness (QED) is 0.165. The van der Waals surface area contributed by atoms with Gasteiger partial charge in [0.1, 0.15) is 12.7 Å². The number of non-ortho nitro benzene ring substituents is 1. The van der Waals surface area contributed by atoms with Crippen LogP contribution in [0.2, 0.25) is 0 Å². The number of hydrogen-bond donors (Lipinski definition) is 2. The van der Waals surface area contributed by atoms with Gasteiger partial charge in [0.2, 0.25) is 5.79 Å². The van der Waals surface area contributed by atoms with E-state index in [0.717, 1.165) is 39.0 Å². The Morgan fingerprint density at radius 1 is 1.12 bits per heavy atom. The Balaban J connectivity index is 1.40. The molecular weight excluding hydrogens is 532 g/mol. The van der Waals surface area contributed by atoms with Crippen molar-refractivity contribution in [2.75, 3.05) is 51.3 Å². The van der Waals surface area contributed by atoms with E-state index < -0.39 is 40.9 Å². The smallest absolute Gasteiger partial charge is 0.412 e. The average molecular weight is 579 g/mol. The van der Waals surface area contributed by atoms with Crippen LogP contribution < -0.4 is 10.6 Å². The molecule has 0 aromatic heterocycles. The Labute approximate surface area is 242 Å². The first-order valence-corrected chi connectivity index (χ1v) is 15.0. The summed E-state index contributed by atoms with van der Waals surface area (Å²) < 4.78 is 31.0. The molecule has 4 rings (SSSR count). The van der Waals surface area contributed by atoms with Crippen molar-refractivity contribution in [2.24, 2.45) is 0 Å². The van der Waals surface area contributed by atoms with Gasteiger partial charge in [-0.2, -0.15) is 0 Å². The number of nitro groups is 1. The molecule has 0 bridgehead atoms. The number of carbonyl (C=O) groups is 1. The molecule has 12 heteroatoms. The second-order valence-electron chi connectivity index (χ2n) is 11.5. The number of nitrogens with zero attached hydrogens (tertiary/aromatic N) is 2. The maximum absolute atomic E-state index is 13.0. The molecule has 0 saturated carbocycles. The third-order valence-electron chi connectivity index (χ3n) is 7.69. The first-order chi connectivity index (χ1) is 19.7. The molecular formula is C29H46N4O8. The summed E-state index contributed by atoms with van der Waals surface area (Å²) in [6, 6.07) is 5.56. The number of amides is 1. The number of fused-ring (bicyclic) bond motifs is 1. The van der Waals surface area contributed by atoms with Crippen LogP contribution in [0.15, 0.2) is 24.3 Å². The molecule has 0 unspecified atom stereocenters. The lowest BCUT2D eigenvalue weighted by atomic mass is 10.1. The summed E-state index contributed by atoms with van der Waals surface area (Å²) in [4.78, 5) is 25.9. The Bertz CT molecular complexity index is 988. The zero-order valence-corrected chi connectivity index (χ0v) is 24.6. The van der Waals surface area contributed by atoms with E-state index in [4.69, 9.17) is 23.7 Å². The van der Waals surface area contributed by atoms with Gasteiger partial charge in [-0.1, -0.05) is 32.6 Å². The van der Waals surface area contributed by atoms with Gasteiger partial charge in [-0.25, -0.2) is 4.79 Å². The van der Waals surface area contributed by atoms with E-state index >= 15 is 0 Å². The van der Waals surface area contributed by atoms with Crippen LogP contribution in [0.3, 0.4) is 0 Å². The van der Waals surface area contributed by atoms with E-state index in [1.165, 1.54) is 56.4 Å². The second kappa shape index (κ2) is 14.7. The summed E-state index contributed by atoms with van der Waals surface area (Å²) in [7, 11) is 0. The summed E-state index contributed by atoms with van der Waals surface area (Å²) in [6.45, 7) is 10.9. The topological polar surface area (TPSA) is 134 Å². The van der Waals surface area contributed by atoms with Gasteiger partial charge in [0.25, 0.3) is 5.69 Å². The van der Waals surface area contributed by atoms with E-state index in [2.05, 4.69) is 22.5 Å². The minimum absolute atomic E-state index is 0.0675. The van der Waals surface area contributed by atoms with Gasteiger partial charge in [-0.3, -0.25) is 15.4 Å². The zero-order chi connectivity index (χ0) is 29.3. The predicted molar refractivity (Wildman–Crippen MR) is 153 cm³/mol. The van der Waals surface area contributed by atoms with Crippen molar-refractivity contribution < 1.29 is 33.4 Å². The van der Waals surface area contributed by atoms with E-state index in [9.17, 15) is 14.9 Å². The molecule has 3 saturated heterocycles. The van der Waals surface area contributed by atoms with Crippen LogP contribution >= 0.6 is 0 Å². The van der Waals surface area contributed by atoms with E-state index in [-0.39, 0.29) is 12.3 Å². The molecule has 1 amide bonds. The Morgan fingerprint density at radius 2 is 1.85 bits per heavy atom. The van der Waals surface area contributed by atoms with Crippen LogP contribution in [0.1, 0.15) is 65.7 Å². The fraction of sp³-hybridized carbons (Fsp3) is 0.759. The second-order valence-corrected chi connectivity index (χ2v) is 11.5. The maximum Gasteiger partial charge on any atom is 0.412 e. The number of rotatable bonds is 16. The molecule has 3 heterocycles. The van der Waals surface area contributed by atoms with Crippen molar-refractivity contribution in [2.45, 2.75) is 95.6 Å². The standard InChI is InChI=1S/C29H46N4O8/c1-4-5-6-7-10-19-37-21-29-26(40-28(2,3)41-29)25(24(39-29)20-30-15-18-32-16-8-9-17-32)38-27(34)31-22-11-13-23(14-12-22)33(35)36/h11-14,24-26,30H,4-10,15-21H2,1-3H3,(H,31,34)/t24-,25+,26-,29-/m0/s1. The molecule has 1 aromatic carbocycles. The lowest BCUT2D eigenvalue weighted by Gasteiger charge is -2.29. The van der Waals surface area contributed by atoms with Crippen molar-refractivity contribution >= 4 is 17.5 Å². The van der Waals surface area contributed by atoms with Crippen LogP contribution in [-0.2, 0) is 23.7 Å². The predicted octanol–water partition coefficient (Wildman–Crippen LogP) is 4.43. The number of unbranched alkanes of at least 4 members (excludes halogenated alkanes) is 4. The molecule has 230 valence electrons. The maximum atomic E-state index is 13.0. The van der Waals surface area contributed by atoms with Gasteiger partial charge in [-0.05, 0) is 58.3 Å². The summed E-state index contributed by atoms with van der Waals surface area (Å²) in [5.74, 6) is -2.17. The van der Waals surface area contributed by atoms with Crippen molar-refractivity contribution in [3.05, 3.63) is 34.4 Å². The van der Waals surface area contributed by atoms with Crippen LogP contribution in [0.4, 0.5) is 16.2 Å². The summed E-state index contributed by atoms with van der Waals surface area (Å²) in [6.07, 6.45) is 5.38. The number of carbonyl (C=O) groups excluding carboxylic acids is 1. The number of ether oxygens (including phenoxy) is 5. The Hall–Kier alpha value is -2.35. The van der Waals surface area contributed by atoms with Gasteiger partial charge in [-0.15, -0.1) is 0 Å². The van der Waals surface area contributed by atoms with Crippen LogP contribution in [0.25, 0.3) is 0 Å². The third kappa shape index (κ3) is 8.82. The number of likely N-dealkylation sites (tertiary alicyclic amines) is 1. The fourth-order valence-electron chi connectivity index (χ4n) is 5.71. The molecule has 3 aliphatic rings. The van der Waals surface area contributed by atoms with Crippen LogP contribution in [-0.4, -0.2) is 91.7 Å². The first-order valence-electron chi connectivity index (χ1n) is 15.0. The molecule has 0 aliphatic carbocycles. The van der Waals surface area contributed by atoms with Gasteiger partial charge >= 0.3 is 6.09 Å². The highest BCUT2D eigenvalue weighted by Gasteiger charge is 2.66. The minimum Gasteiger partial charge on any atom is -0.440 e. The lowest BCUT2D eigenvalue weighted by Crippen LogP contribution is -2.46.